The number of likely N-dealkylation sites (tertiary alicyclic amines) is 1. The average molecular weight is 373 g/mol. The number of ether oxygens (including phenoxy) is 1. The summed E-state index contributed by atoms with van der Waals surface area (Å²) in [5.74, 6) is 1.87. The molecule has 0 spiro atoms. The smallest absolute Gasteiger partial charge is 0.235 e. The molecule has 136 valence electrons. The van der Waals surface area contributed by atoms with E-state index in [9.17, 15) is 4.79 Å². The van der Waals surface area contributed by atoms with Gasteiger partial charge in [0, 0.05) is 18.0 Å². The van der Waals surface area contributed by atoms with Crippen molar-refractivity contribution in [2.24, 2.45) is 5.92 Å². The number of carbonyl (C=O) groups excluding carboxylic acids is 1. The van der Waals surface area contributed by atoms with Crippen molar-refractivity contribution in [1.29, 1.82) is 0 Å². The van der Waals surface area contributed by atoms with Crippen molar-refractivity contribution in [3.63, 3.8) is 0 Å². The molecule has 1 aromatic rings. The maximum absolute atomic E-state index is 12.6. The highest BCUT2D eigenvalue weighted by molar-refractivity contribution is 8.00. The zero-order chi connectivity index (χ0) is 16.7. The van der Waals surface area contributed by atoms with Gasteiger partial charge in [0.25, 0.3) is 0 Å². The monoisotopic (exact) mass is 372 g/mol. The van der Waals surface area contributed by atoms with Gasteiger partial charge >= 0.3 is 0 Å². The van der Waals surface area contributed by atoms with Crippen LogP contribution in [0.3, 0.4) is 0 Å². The summed E-state index contributed by atoms with van der Waals surface area (Å²) in [7, 11) is 3.66. The van der Waals surface area contributed by atoms with Crippen LogP contribution in [0.1, 0.15) is 26.2 Å². The molecule has 24 heavy (non-hydrogen) atoms. The first-order valence-corrected chi connectivity index (χ1v) is 9.26. The second-order valence-corrected chi connectivity index (χ2v) is 7.51. The van der Waals surface area contributed by atoms with Crippen molar-refractivity contribution in [3.05, 3.63) is 24.3 Å². The second-order valence-electron chi connectivity index (χ2n) is 6.10. The molecule has 6 heteroatoms. The molecule has 1 amide bonds. The number of rotatable bonds is 7. The van der Waals surface area contributed by atoms with Crippen molar-refractivity contribution in [2.75, 3.05) is 33.8 Å². The number of hydrogen-bond acceptors (Lipinski definition) is 4. The lowest BCUT2D eigenvalue weighted by atomic mass is 9.93. The second kappa shape index (κ2) is 10.9. The molecule has 1 aliphatic rings. The lowest BCUT2D eigenvalue weighted by molar-refractivity contribution is -0.131. The van der Waals surface area contributed by atoms with Gasteiger partial charge in [-0.15, -0.1) is 24.2 Å². The highest BCUT2D eigenvalue weighted by Gasteiger charge is 2.26. The molecule has 1 N–H and O–H groups in total. The predicted molar refractivity (Wildman–Crippen MR) is 103 cm³/mol. The van der Waals surface area contributed by atoms with Gasteiger partial charge in [-0.3, -0.25) is 4.79 Å². The van der Waals surface area contributed by atoms with Gasteiger partial charge in [-0.25, -0.2) is 0 Å². The molecule has 0 aliphatic carbocycles. The van der Waals surface area contributed by atoms with Gasteiger partial charge in [0.2, 0.25) is 5.91 Å². The third kappa shape index (κ3) is 6.19. The van der Waals surface area contributed by atoms with Gasteiger partial charge < -0.3 is 15.0 Å². The number of piperidine rings is 1. The lowest BCUT2D eigenvalue weighted by Gasteiger charge is -2.33. The minimum atomic E-state index is -0.0442. The molecule has 1 atom stereocenters. The van der Waals surface area contributed by atoms with Crippen LogP contribution in [0.15, 0.2) is 29.2 Å². The third-order valence-corrected chi connectivity index (χ3v) is 5.55. The first-order valence-electron chi connectivity index (χ1n) is 8.38. The number of carbonyl (C=O) groups is 1. The summed E-state index contributed by atoms with van der Waals surface area (Å²) in [5.41, 5.74) is 0. The fourth-order valence-corrected chi connectivity index (χ4v) is 3.91. The first kappa shape index (κ1) is 21.1. The Morgan fingerprint density at radius 2 is 1.96 bits per heavy atom. The van der Waals surface area contributed by atoms with Crippen LogP contribution in [0.4, 0.5) is 0 Å². The predicted octanol–water partition coefficient (Wildman–Crippen LogP) is 3.45. The fraction of sp³-hybridized carbons (Fsp3) is 0.611. The van der Waals surface area contributed by atoms with E-state index in [2.05, 4.69) is 5.32 Å². The molecule has 0 saturated carbocycles. The van der Waals surface area contributed by atoms with Crippen LogP contribution in [0.25, 0.3) is 0 Å². The van der Waals surface area contributed by atoms with Crippen LogP contribution in [0.2, 0.25) is 0 Å². The number of thioether (sulfide) groups is 1. The van der Waals surface area contributed by atoms with Gasteiger partial charge in [-0.05, 0) is 70.0 Å². The first-order chi connectivity index (χ1) is 11.1. The minimum absolute atomic E-state index is 0. The summed E-state index contributed by atoms with van der Waals surface area (Å²) in [6.07, 6.45) is 3.48. The molecule has 1 heterocycles. The maximum Gasteiger partial charge on any atom is 0.235 e. The molecule has 1 aromatic carbocycles. The zero-order valence-corrected chi connectivity index (χ0v) is 16.4. The van der Waals surface area contributed by atoms with Crippen molar-refractivity contribution >= 4 is 30.1 Å². The van der Waals surface area contributed by atoms with E-state index in [0.717, 1.165) is 49.0 Å². The SMILES string of the molecule is CNCCC1CCN(C(=O)C(C)Sc2ccc(OC)cc2)CC1.Cl. The van der Waals surface area contributed by atoms with Gasteiger partial charge in [0.15, 0.2) is 0 Å². The molecule has 1 saturated heterocycles. The van der Waals surface area contributed by atoms with E-state index in [1.807, 2.05) is 43.1 Å². The Balaban J connectivity index is 0.00000288. The van der Waals surface area contributed by atoms with E-state index >= 15 is 0 Å². The Hall–Kier alpha value is -0.910. The topological polar surface area (TPSA) is 41.6 Å². The zero-order valence-electron chi connectivity index (χ0n) is 14.8. The molecule has 4 nitrogen and oxygen atoms in total. The Bertz CT molecular complexity index is 490. The standard InChI is InChI=1S/C18H28N2O2S.ClH/c1-14(23-17-6-4-16(22-3)5-7-17)18(21)20-12-9-15(10-13-20)8-11-19-2;/h4-7,14-15,19H,8-13H2,1-3H3;1H. The fourth-order valence-electron chi connectivity index (χ4n) is 2.96. The Labute approximate surface area is 156 Å². The van der Waals surface area contributed by atoms with Crippen LogP contribution < -0.4 is 10.1 Å². The summed E-state index contributed by atoms with van der Waals surface area (Å²) in [5, 5.41) is 3.17. The molecular formula is C18H29ClN2O2S. The number of hydrogen-bond donors (Lipinski definition) is 1. The van der Waals surface area contributed by atoms with Gasteiger partial charge in [0.05, 0.1) is 12.4 Å². The number of amides is 1. The quantitative estimate of drug-likeness (QED) is 0.744. The van der Waals surface area contributed by atoms with Gasteiger partial charge in [-0.2, -0.15) is 0 Å². The van der Waals surface area contributed by atoms with E-state index in [1.54, 1.807) is 18.9 Å². The number of nitrogens with zero attached hydrogens (tertiary/aromatic N) is 1. The highest BCUT2D eigenvalue weighted by atomic mass is 35.5. The van der Waals surface area contributed by atoms with Crippen LogP contribution in [-0.2, 0) is 4.79 Å². The number of halogens is 1. The number of benzene rings is 1. The molecule has 1 fully saturated rings. The summed E-state index contributed by atoms with van der Waals surface area (Å²) in [4.78, 5) is 15.8. The van der Waals surface area contributed by atoms with E-state index in [1.165, 1.54) is 6.42 Å². The Kier molecular flexibility index (Phi) is 9.56. The average Bonchev–Trinajstić information content (AvgIpc) is 2.60. The normalized spacial score (nSPS) is 16.4. The Morgan fingerprint density at radius 3 is 2.50 bits per heavy atom. The van der Waals surface area contributed by atoms with Crippen molar-refractivity contribution < 1.29 is 9.53 Å². The molecular weight excluding hydrogens is 344 g/mol. The van der Waals surface area contributed by atoms with Crippen molar-refractivity contribution in [1.82, 2.24) is 10.2 Å². The Morgan fingerprint density at radius 1 is 1.33 bits per heavy atom. The van der Waals surface area contributed by atoms with Crippen LogP contribution in [0.5, 0.6) is 5.75 Å². The molecule has 2 rings (SSSR count). The van der Waals surface area contributed by atoms with Gasteiger partial charge in [0.1, 0.15) is 5.75 Å². The van der Waals surface area contributed by atoms with E-state index < -0.39 is 0 Å². The van der Waals surface area contributed by atoms with Crippen LogP contribution >= 0.6 is 24.2 Å². The summed E-state index contributed by atoms with van der Waals surface area (Å²) in [6.45, 7) is 4.88. The molecule has 0 bridgehead atoms. The number of methoxy groups -OCH3 is 1. The number of nitrogens with one attached hydrogen (secondary N) is 1. The molecule has 0 radical (unpaired) electrons. The van der Waals surface area contributed by atoms with Crippen LogP contribution in [0, 0.1) is 5.92 Å². The minimum Gasteiger partial charge on any atom is -0.497 e. The lowest BCUT2D eigenvalue weighted by Crippen LogP contribution is -2.42. The van der Waals surface area contributed by atoms with E-state index in [4.69, 9.17) is 4.74 Å². The molecule has 1 unspecified atom stereocenters. The highest BCUT2D eigenvalue weighted by Crippen LogP contribution is 2.28. The van der Waals surface area contributed by atoms with E-state index in [0.29, 0.717) is 0 Å². The summed E-state index contributed by atoms with van der Waals surface area (Å²) < 4.78 is 5.17. The molecule has 1 aliphatic heterocycles. The summed E-state index contributed by atoms with van der Waals surface area (Å²) >= 11 is 1.62. The van der Waals surface area contributed by atoms with Crippen LogP contribution in [-0.4, -0.2) is 49.8 Å². The summed E-state index contributed by atoms with van der Waals surface area (Å²) in [6, 6.07) is 7.90. The maximum atomic E-state index is 12.6. The molecule has 0 aromatic heterocycles. The third-order valence-electron chi connectivity index (χ3n) is 4.45. The largest absolute Gasteiger partial charge is 0.497 e. The van der Waals surface area contributed by atoms with Gasteiger partial charge in [-0.1, -0.05) is 0 Å². The van der Waals surface area contributed by atoms with Crippen molar-refractivity contribution in [3.8, 4) is 5.75 Å². The van der Waals surface area contributed by atoms with E-state index in [-0.39, 0.29) is 23.6 Å². The van der Waals surface area contributed by atoms with Crippen molar-refractivity contribution in [2.45, 2.75) is 36.3 Å².